The maximum Gasteiger partial charge on any atom is 0.117 e. The summed E-state index contributed by atoms with van der Waals surface area (Å²) in [5.41, 5.74) is -1.50. The fraction of sp³-hybridized carbons (Fsp3) is 0.867. The summed E-state index contributed by atoms with van der Waals surface area (Å²) in [7, 11) is 0. The molecule has 6 unspecified atom stereocenters. The molecule has 3 rings (SSSR count). The molecule has 0 spiro atoms. The molecule has 0 aromatic heterocycles. The van der Waals surface area contributed by atoms with Crippen molar-refractivity contribution in [2.75, 3.05) is 0 Å². The van der Waals surface area contributed by atoms with Crippen LogP contribution in [-0.4, -0.2) is 32.6 Å². The van der Waals surface area contributed by atoms with Crippen LogP contribution in [0.3, 0.4) is 0 Å². The van der Waals surface area contributed by atoms with Crippen LogP contribution >= 0.6 is 0 Å². The monoisotopic (exact) mass is 252 g/mol. The van der Waals surface area contributed by atoms with Crippen LogP contribution in [0.15, 0.2) is 11.6 Å². The van der Waals surface area contributed by atoms with Gasteiger partial charge in [-0.1, -0.05) is 19.9 Å². The van der Waals surface area contributed by atoms with Crippen molar-refractivity contribution in [1.82, 2.24) is 0 Å². The highest BCUT2D eigenvalue weighted by Crippen LogP contribution is 2.64. The minimum atomic E-state index is -1.22. The van der Waals surface area contributed by atoms with Crippen molar-refractivity contribution in [3.63, 3.8) is 0 Å². The predicted molar refractivity (Wildman–Crippen MR) is 68.9 cm³/mol. The molecule has 0 radical (unpaired) electrons. The molecule has 3 aliphatic carbocycles. The van der Waals surface area contributed by atoms with Crippen molar-refractivity contribution in [3.8, 4) is 0 Å². The van der Waals surface area contributed by atoms with Gasteiger partial charge in [0.2, 0.25) is 0 Å². The van der Waals surface area contributed by atoms with Gasteiger partial charge >= 0.3 is 0 Å². The standard InChI is InChI=1S/C15H24O3/c1-9-4-5-11-14(17)7-6-12(16)15(11,18)10(2)8-13(9,14)3/h8-9,11-12,16-18H,4-7H2,1-3H3. The van der Waals surface area contributed by atoms with E-state index in [1.807, 2.05) is 13.0 Å². The Balaban J connectivity index is 2.24. The van der Waals surface area contributed by atoms with E-state index >= 15 is 0 Å². The third-order valence-corrected chi connectivity index (χ3v) is 6.41. The smallest absolute Gasteiger partial charge is 0.117 e. The molecule has 0 aromatic carbocycles. The third-order valence-electron chi connectivity index (χ3n) is 6.41. The summed E-state index contributed by atoms with van der Waals surface area (Å²) < 4.78 is 0. The normalized spacial score (nSPS) is 59.2. The Kier molecular flexibility index (Phi) is 2.38. The van der Waals surface area contributed by atoms with Crippen LogP contribution in [0.5, 0.6) is 0 Å². The minimum absolute atomic E-state index is 0.222. The maximum atomic E-state index is 11.2. The summed E-state index contributed by atoms with van der Waals surface area (Å²) in [6.45, 7) is 6.20. The number of hydrogen-bond acceptors (Lipinski definition) is 3. The first-order valence-electron chi connectivity index (χ1n) is 7.09. The van der Waals surface area contributed by atoms with Gasteiger partial charge in [-0.15, -0.1) is 0 Å². The molecular formula is C15H24O3. The number of aliphatic hydroxyl groups is 3. The number of hydrogen-bond donors (Lipinski definition) is 3. The van der Waals surface area contributed by atoms with Crippen LogP contribution in [0.25, 0.3) is 0 Å². The van der Waals surface area contributed by atoms with E-state index in [0.717, 1.165) is 18.4 Å². The van der Waals surface area contributed by atoms with Crippen molar-refractivity contribution >= 4 is 0 Å². The van der Waals surface area contributed by atoms with Crippen molar-refractivity contribution in [1.29, 1.82) is 0 Å². The number of rotatable bonds is 0. The molecule has 3 aliphatic rings. The van der Waals surface area contributed by atoms with Gasteiger partial charge in [0, 0.05) is 11.3 Å². The lowest BCUT2D eigenvalue weighted by Crippen LogP contribution is -2.72. The van der Waals surface area contributed by atoms with E-state index in [1.165, 1.54) is 0 Å². The van der Waals surface area contributed by atoms with E-state index in [-0.39, 0.29) is 11.3 Å². The van der Waals surface area contributed by atoms with E-state index in [4.69, 9.17) is 0 Å². The first kappa shape index (κ1) is 12.6. The molecule has 3 N–H and O–H groups in total. The average Bonchev–Trinajstić information content (AvgIpc) is 2.30. The molecular weight excluding hydrogens is 228 g/mol. The first-order valence-corrected chi connectivity index (χ1v) is 7.09. The largest absolute Gasteiger partial charge is 0.390 e. The van der Waals surface area contributed by atoms with Crippen molar-refractivity contribution in [2.24, 2.45) is 17.3 Å². The summed E-state index contributed by atoms with van der Waals surface area (Å²) in [5.74, 6) is 0.188. The molecule has 0 saturated heterocycles. The van der Waals surface area contributed by atoms with Crippen molar-refractivity contribution < 1.29 is 15.3 Å². The molecule has 18 heavy (non-hydrogen) atoms. The van der Waals surface area contributed by atoms with E-state index in [1.54, 1.807) is 0 Å². The van der Waals surface area contributed by atoms with Gasteiger partial charge < -0.3 is 15.3 Å². The van der Waals surface area contributed by atoms with Crippen LogP contribution in [-0.2, 0) is 0 Å². The van der Waals surface area contributed by atoms with Crippen LogP contribution in [0.4, 0.5) is 0 Å². The summed E-state index contributed by atoms with van der Waals surface area (Å²) in [6.07, 6.45) is 4.17. The van der Waals surface area contributed by atoms with Gasteiger partial charge in [-0.05, 0) is 44.1 Å². The molecule has 2 saturated carbocycles. The molecule has 0 amide bonds. The molecule has 4 bridgehead atoms. The van der Waals surface area contributed by atoms with Gasteiger partial charge in [0.05, 0.1) is 11.7 Å². The fourth-order valence-corrected chi connectivity index (χ4v) is 4.96. The summed E-state index contributed by atoms with van der Waals surface area (Å²) in [6, 6.07) is 0. The Bertz CT molecular complexity index is 418. The minimum Gasteiger partial charge on any atom is -0.390 e. The predicted octanol–water partition coefficient (Wildman–Crippen LogP) is 1.62. The van der Waals surface area contributed by atoms with E-state index in [0.29, 0.717) is 18.8 Å². The van der Waals surface area contributed by atoms with E-state index < -0.39 is 17.3 Å². The van der Waals surface area contributed by atoms with E-state index in [2.05, 4.69) is 13.8 Å². The Morgan fingerprint density at radius 1 is 1.22 bits per heavy atom. The molecule has 0 aromatic rings. The van der Waals surface area contributed by atoms with Crippen LogP contribution in [0.1, 0.15) is 46.5 Å². The van der Waals surface area contributed by atoms with Gasteiger partial charge in [-0.2, -0.15) is 0 Å². The van der Waals surface area contributed by atoms with Gasteiger partial charge in [-0.3, -0.25) is 0 Å². The highest BCUT2D eigenvalue weighted by molar-refractivity contribution is 5.36. The summed E-state index contributed by atoms with van der Waals surface area (Å²) in [4.78, 5) is 0. The zero-order valence-corrected chi connectivity index (χ0v) is 11.5. The second-order valence-electron chi connectivity index (χ2n) is 6.95. The topological polar surface area (TPSA) is 60.7 Å². The fourth-order valence-electron chi connectivity index (χ4n) is 4.96. The van der Waals surface area contributed by atoms with Crippen molar-refractivity contribution in [3.05, 3.63) is 11.6 Å². The molecule has 0 aliphatic heterocycles. The number of aliphatic hydroxyl groups excluding tert-OH is 1. The average molecular weight is 252 g/mol. The molecule has 102 valence electrons. The first-order chi connectivity index (χ1) is 8.27. The van der Waals surface area contributed by atoms with Gasteiger partial charge in [0.25, 0.3) is 0 Å². The summed E-state index contributed by atoms with van der Waals surface area (Å²) in [5, 5.41) is 32.4. The van der Waals surface area contributed by atoms with Gasteiger partial charge in [-0.25, -0.2) is 0 Å². The molecule has 3 nitrogen and oxygen atoms in total. The Morgan fingerprint density at radius 2 is 1.89 bits per heavy atom. The lowest BCUT2D eigenvalue weighted by molar-refractivity contribution is -0.259. The quantitative estimate of drug-likeness (QED) is 0.574. The third kappa shape index (κ3) is 1.12. The molecule has 2 fully saturated rings. The Morgan fingerprint density at radius 3 is 2.56 bits per heavy atom. The zero-order chi connectivity index (χ0) is 13.3. The molecule has 0 heterocycles. The Labute approximate surface area is 109 Å². The van der Waals surface area contributed by atoms with Gasteiger partial charge in [0.15, 0.2) is 0 Å². The summed E-state index contributed by atoms with van der Waals surface area (Å²) >= 11 is 0. The second kappa shape index (κ2) is 3.38. The Hall–Kier alpha value is -0.380. The zero-order valence-electron chi connectivity index (χ0n) is 11.5. The van der Waals surface area contributed by atoms with Crippen LogP contribution in [0.2, 0.25) is 0 Å². The van der Waals surface area contributed by atoms with Crippen LogP contribution in [0, 0.1) is 17.3 Å². The SMILES string of the molecule is CC1=CC2(C)C(C)CCC3C1(O)C(O)CCC32O. The van der Waals surface area contributed by atoms with Crippen molar-refractivity contribution in [2.45, 2.75) is 63.8 Å². The molecule has 6 atom stereocenters. The van der Waals surface area contributed by atoms with Crippen LogP contribution < -0.4 is 0 Å². The van der Waals surface area contributed by atoms with Gasteiger partial charge in [0.1, 0.15) is 5.60 Å². The lowest BCUT2D eigenvalue weighted by Gasteiger charge is -2.66. The van der Waals surface area contributed by atoms with E-state index in [9.17, 15) is 15.3 Å². The second-order valence-corrected chi connectivity index (χ2v) is 6.95. The highest BCUT2D eigenvalue weighted by atomic mass is 16.4. The maximum absolute atomic E-state index is 11.2. The highest BCUT2D eigenvalue weighted by Gasteiger charge is 2.68. The lowest BCUT2D eigenvalue weighted by atomic mass is 9.43. The molecule has 3 heteroatoms.